The zero-order valence-corrected chi connectivity index (χ0v) is 14.6. The molecule has 0 atom stereocenters. The highest BCUT2D eigenvalue weighted by atomic mass is 16.1. The first-order valence-electron chi connectivity index (χ1n) is 8.41. The first-order valence-corrected chi connectivity index (χ1v) is 8.41. The fraction of sp³-hybridized carbons (Fsp3) is 0.182. The highest BCUT2D eigenvalue weighted by Crippen LogP contribution is 2.15. The van der Waals surface area contributed by atoms with Crippen molar-refractivity contribution in [1.29, 1.82) is 5.26 Å². The molecule has 0 saturated carbocycles. The summed E-state index contributed by atoms with van der Waals surface area (Å²) in [5, 5.41) is 8.77. The third kappa shape index (κ3) is 5.47. The fourth-order valence-electron chi connectivity index (χ4n) is 2.47. The number of hydrogen-bond acceptors (Lipinski definition) is 3. The summed E-state index contributed by atoms with van der Waals surface area (Å²) in [6.07, 6.45) is 6.66. The van der Waals surface area contributed by atoms with Crippen molar-refractivity contribution in [2.24, 2.45) is 0 Å². The Kier molecular flexibility index (Phi) is 6.74. The van der Waals surface area contributed by atoms with E-state index in [1.54, 1.807) is 24.3 Å². The van der Waals surface area contributed by atoms with Crippen LogP contribution in [0.2, 0.25) is 0 Å². The molecule has 0 bridgehead atoms. The molecule has 0 saturated heterocycles. The molecule has 2 aromatic carbocycles. The number of carbonyl (C=O) groups excluding carboxylic acids is 1. The van der Waals surface area contributed by atoms with E-state index in [0.717, 1.165) is 24.2 Å². The number of rotatable bonds is 7. The number of nitriles is 1. The highest BCUT2D eigenvalue weighted by molar-refractivity contribution is 6.04. The second-order valence-electron chi connectivity index (χ2n) is 5.57. The second-order valence-corrected chi connectivity index (χ2v) is 5.57. The minimum Gasteiger partial charge on any atom is -0.372 e. The molecule has 0 heterocycles. The van der Waals surface area contributed by atoms with E-state index < -0.39 is 0 Å². The standard InChI is InChI=1S/C22H22N2O/c1-3-24(4-2)21-13-9-19(10-14-21)12-16-22(25)15-11-18-5-7-20(17-23)8-6-18/h5-16H,3-4H2,1-2H3/b15-11+,16-12+. The number of nitrogens with zero attached hydrogens (tertiary/aromatic N) is 2. The van der Waals surface area contributed by atoms with Gasteiger partial charge in [-0.3, -0.25) is 4.79 Å². The summed E-state index contributed by atoms with van der Waals surface area (Å²) in [5.41, 5.74) is 3.69. The van der Waals surface area contributed by atoms with E-state index in [0.29, 0.717) is 5.56 Å². The van der Waals surface area contributed by atoms with Gasteiger partial charge >= 0.3 is 0 Å². The summed E-state index contributed by atoms with van der Waals surface area (Å²) in [5.74, 6) is -0.0721. The molecule has 25 heavy (non-hydrogen) atoms. The van der Waals surface area contributed by atoms with Crippen molar-refractivity contribution < 1.29 is 4.79 Å². The zero-order valence-electron chi connectivity index (χ0n) is 14.6. The molecule has 0 aliphatic rings. The maximum absolute atomic E-state index is 11.9. The van der Waals surface area contributed by atoms with E-state index in [2.05, 4.69) is 36.9 Å². The van der Waals surface area contributed by atoms with E-state index in [1.807, 2.05) is 30.3 Å². The first-order chi connectivity index (χ1) is 12.2. The molecule has 0 aliphatic carbocycles. The van der Waals surface area contributed by atoms with Crippen LogP contribution in [0.1, 0.15) is 30.5 Å². The summed E-state index contributed by atoms with van der Waals surface area (Å²) < 4.78 is 0. The van der Waals surface area contributed by atoms with Gasteiger partial charge in [-0.2, -0.15) is 5.26 Å². The largest absolute Gasteiger partial charge is 0.372 e. The first kappa shape index (κ1) is 18.2. The highest BCUT2D eigenvalue weighted by Gasteiger charge is 2.00. The summed E-state index contributed by atoms with van der Waals surface area (Å²) in [6.45, 7) is 6.22. The predicted molar refractivity (Wildman–Crippen MR) is 104 cm³/mol. The lowest BCUT2D eigenvalue weighted by atomic mass is 10.1. The van der Waals surface area contributed by atoms with Gasteiger partial charge in [0.1, 0.15) is 0 Å². The summed E-state index contributed by atoms with van der Waals surface area (Å²) in [4.78, 5) is 14.2. The van der Waals surface area contributed by atoms with Crippen LogP contribution in [0.25, 0.3) is 12.2 Å². The van der Waals surface area contributed by atoms with Crippen molar-refractivity contribution in [3.63, 3.8) is 0 Å². The molecule has 3 nitrogen and oxygen atoms in total. The minimum atomic E-state index is -0.0721. The van der Waals surface area contributed by atoms with Crippen LogP contribution in [0, 0.1) is 11.3 Å². The average molecular weight is 330 g/mol. The number of allylic oxidation sites excluding steroid dienone is 2. The Balaban J connectivity index is 1.97. The Hall–Kier alpha value is -3.12. The smallest absolute Gasteiger partial charge is 0.178 e. The van der Waals surface area contributed by atoms with Crippen molar-refractivity contribution in [3.05, 3.63) is 77.4 Å². The number of ketones is 1. The van der Waals surface area contributed by atoms with Crippen LogP contribution in [0.3, 0.4) is 0 Å². The number of anilines is 1. The van der Waals surface area contributed by atoms with Gasteiger partial charge in [0, 0.05) is 18.8 Å². The van der Waals surface area contributed by atoms with Crippen molar-refractivity contribution in [1.82, 2.24) is 0 Å². The van der Waals surface area contributed by atoms with Crippen molar-refractivity contribution in [2.75, 3.05) is 18.0 Å². The number of carbonyl (C=O) groups is 1. The van der Waals surface area contributed by atoms with Crippen LogP contribution in [-0.2, 0) is 4.79 Å². The van der Waals surface area contributed by atoms with E-state index in [1.165, 1.54) is 11.8 Å². The zero-order chi connectivity index (χ0) is 18.1. The second kappa shape index (κ2) is 9.24. The summed E-state index contributed by atoms with van der Waals surface area (Å²) >= 11 is 0. The molecule has 0 aromatic heterocycles. The third-order valence-corrected chi connectivity index (χ3v) is 3.94. The maximum Gasteiger partial charge on any atom is 0.178 e. The van der Waals surface area contributed by atoms with Gasteiger partial charge in [0.2, 0.25) is 0 Å². The van der Waals surface area contributed by atoms with Gasteiger partial charge in [0.15, 0.2) is 5.78 Å². The quantitative estimate of drug-likeness (QED) is 0.691. The van der Waals surface area contributed by atoms with Gasteiger partial charge < -0.3 is 4.90 Å². The van der Waals surface area contributed by atoms with Gasteiger partial charge in [-0.15, -0.1) is 0 Å². The monoisotopic (exact) mass is 330 g/mol. The van der Waals surface area contributed by atoms with Gasteiger partial charge in [0.25, 0.3) is 0 Å². The third-order valence-electron chi connectivity index (χ3n) is 3.94. The normalized spacial score (nSPS) is 10.9. The minimum absolute atomic E-state index is 0.0721. The number of benzene rings is 2. The molecule has 0 aliphatic heterocycles. The van der Waals surface area contributed by atoms with Gasteiger partial charge in [-0.05, 0) is 61.4 Å². The van der Waals surface area contributed by atoms with Crippen LogP contribution < -0.4 is 4.90 Å². The molecule has 0 spiro atoms. The fourth-order valence-corrected chi connectivity index (χ4v) is 2.47. The van der Waals surface area contributed by atoms with Crippen LogP contribution >= 0.6 is 0 Å². The molecular formula is C22H22N2O. The summed E-state index contributed by atoms with van der Waals surface area (Å²) in [6, 6.07) is 17.4. The average Bonchev–Trinajstić information content (AvgIpc) is 2.67. The Morgan fingerprint density at radius 1 is 0.920 bits per heavy atom. The molecule has 126 valence electrons. The molecule has 0 N–H and O–H groups in total. The lowest BCUT2D eigenvalue weighted by Gasteiger charge is -2.20. The van der Waals surface area contributed by atoms with Crippen LogP contribution in [0.15, 0.2) is 60.7 Å². The van der Waals surface area contributed by atoms with Crippen molar-refractivity contribution >= 4 is 23.6 Å². The molecule has 0 radical (unpaired) electrons. The maximum atomic E-state index is 11.9. The molecule has 0 amide bonds. The predicted octanol–water partition coefficient (Wildman–Crippen LogP) is 4.70. The lowest BCUT2D eigenvalue weighted by Crippen LogP contribution is -2.21. The molecule has 0 fully saturated rings. The van der Waals surface area contributed by atoms with E-state index in [-0.39, 0.29) is 5.78 Å². The Bertz CT molecular complexity index is 789. The lowest BCUT2D eigenvalue weighted by molar-refractivity contribution is -0.110. The van der Waals surface area contributed by atoms with Crippen LogP contribution in [0.5, 0.6) is 0 Å². The van der Waals surface area contributed by atoms with E-state index >= 15 is 0 Å². The van der Waals surface area contributed by atoms with E-state index in [9.17, 15) is 4.79 Å². The molecule has 2 aromatic rings. The molecule has 0 unspecified atom stereocenters. The van der Waals surface area contributed by atoms with Crippen LogP contribution in [-0.4, -0.2) is 18.9 Å². The number of hydrogen-bond donors (Lipinski definition) is 0. The summed E-state index contributed by atoms with van der Waals surface area (Å²) in [7, 11) is 0. The van der Waals surface area contributed by atoms with Gasteiger partial charge in [-0.25, -0.2) is 0 Å². The van der Waals surface area contributed by atoms with Gasteiger partial charge in [0.05, 0.1) is 11.6 Å². The molecule has 2 rings (SSSR count). The molecule has 3 heteroatoms. The van der Waals surface area contributed by atoms with Crippen molar-refractivity contribution in [2.45, 2.75) is 13.8 Å². The Morgan fingerprint density at radius 2 is 1.40 bits per heavy atom. The van der Waals surface area contributed by atoms with Crippen molar-refractivity contribution in [3.8, 4) is 6.07 Å². The Morgan fingerprint density at radius 3 is 1.84 bits per heavy atom. The van der Waals surface area contributed by atoms with E-state index in [4.69, 9.17) is 5.26 Å². The Labute approximate surface area is 149 Å². The van der Waals surface area contributed by atoms with Gasteiger partial charge in [-0.1, -0.05) is 36.4 Å². The topological polar surface area (TPSA) is 44.1 Å². The SMILES string of the molecule is CCN(CC)c1ccc(/C=C/C(=O)/C=C/c2ccc(C#N)cc2)cc1. The molecular weight excluding hydrogens is 308 g/mol. The van der Waals surface area contributed by atoms with Crippen LogP contribution in [0.4, 0.5) is 5.69 Å².